The molecule has 1 N–H and O–H groups in total. The Morgan fingerprint density at radius 1 is 0.920 bits per heavy atom. The topological polar surface area (TPSA) is 49.4 Å². The summed E-state index contributed by atoms with van der Waals surface area (Å²) in [5.74, 6) is 0.104. The summed E-state index contributed by atoms with van der Waals surface area (Å²) in [6.45, 7) is 6.64. The molecule has 4 nitrogen and oxygen atoms in total. The van der Waals surface area contributed by atoms with Gasteiger partial charge in [0.15, 0.2) is 0 Å². The van der Waals surface area contributed by atoms with Gasteiger partial charge in [-0.1, -0.05) is 78.1 Å². The summed E-state index contributed by atoms with van der Waals surface area (Å²) in [5.41, 5.74) is 0. The van der Waals surface area contributed by atoms with Gasteiger partial charge in [-0.05, 0) is 12.8 Å². The zero-order chi connectivity index (χ0) is 18.3. The fraction of sp³-hybridized carbons (Fsp3) is 0.905. The van der Waals surface area contributed by atoms with Crippen LogP contribution in [0.5, 0.6) is 0 Å². The number of hydrogen-bond donors (Lipinski definition) is 1. The minimum Gasteiger partial charge on any atom is -0.356 e. The van der Waals surface area contributed by atoms with Crippen molar-refractivity contribution in [3.63, 3.8) is 0 Å². The van der Waals surface area contributed by atoms with Crippen LogP contribution in [-0.2, 0) is 9.59 Å². The smallest absolute Gasteiger partial charge is 0.225 e. The second-order valence-corrected chi connectivity index (χ2v) is 7.57. The van der Waals surface area contributed by atoms with Gasteiger partial charge in [0, 0.05) is 26.1 Å². The fourth-order valence-corrected chi connectivity index (χ4v) is 3.51. The van der Waals surface area contributed by atoms with Gasteiger partial charge in [0.25, 0.3) is 0 Å². The van der Waals surface area contributed by atoms with Crippen molar-refractivity contribution in [3.8, 4) is 0 Å². The van der Waals surface area contributed by atoms with Crippen LogP contribution < -0.4 is 5.32 Å². The molecule has 1 fully saturated rings. The maximum absolute atomic E-state index is 12.2. The molecule has 1 atom stereocenters. The maximum atomic E-state index is 12.2. The quantitative estimate of drug-likeness (QED) is 0.435. The summed E-state index contributed by atoms with van der Waals surface area (Å²) in [5, 5.41) is 3.02. The van der Waals surface area contributed by atoms with E-state index in [2.05, 4.69) is 19.2 Å². The molecule has 1 heterocycles. The van der Waals surface area contributed by atoms with E-state index in [0.29, 0.717) is 13.0 Å². The van der Waals surface area contributed by atoms with Crippen molar-refractivity contribution >= 4 is 11.8 Å². The Balaban J connectivity index is 2.08. The standard InChI is InChI=1S/C21H40N2O2/c1-3-5-7-9-10-12-14-16-23-18-19(17-20(23)24)21(25)22-15-13-11-8-6-4-2/h19H,3-18H2,1-2H3,(H,22,25). The van der Waals surface area contributed by atoms with Gasteiger partial charge in [-0.15, -0.1) is 0 Å². The number of hydrogen-bond acceptors (Lipinski definition) is 2. The first-order valence-corrected chi connectivity index (χ1v) is 10.7. The highest BCUT2D eigenvalue weighted by Crippen LogP contribution is 2.19. The van der Waals surface area contributed by atoms with E-state index < -0.39 is 0 Å². The number of amides is 2. The summed E-state index contributed by atoms with van der Waals surface area (Å²) >= 11 is 0. The highest BCUT2D eigenvalue weighted by atomic mass is 16.2. The molecule has 1 rings (SSSR count). The number of carbonyl (C=O) groups excluding carboxylic acids is 2. The summed E-state index contributed by atoms with van der Waals surface area (Å²) < 4.78 is 0. The molecule has 0 aromatic carbocycles. The van der Waals surface area contributed by atoms with Crippen molar-refractivity contribution in [2.45, 2.75) is 97.3 Å². The van der Waals surface area contributed by atoms with Crippen molar-refractivity contribution in [1.82, 2.24) is 10.2 Å². The Kier molecular flexibility index (Phi) is 12.4. The second kappa shape index (κ2) is 14.1. The molecule has 1 aliphatic heterocycles. The van der Waals surface area contributed by atoms with Crippen LogP contribution in [0.3, 0.4) is 0 Å². The summed E-state index contributed by atoms with van der Waals surface area (Å²) in [6.07, 6.45) is 15.2. The number of unbranched alkanes of at least 4 members (excludes halogenated alkanes) is 10. The second-order valence-electron chi connectivity index (χ2n) is 7.57. The molecule has 0 radical (unpaired) electrons. The molecule has 1 aliphatic rings. The van der Waals surface area contributed by atoms with E-state index in [-0.39, 0.29) is 17.7 Å². The third-order valence-electron chi connectivity index (χ3n) is 5.20. The van der Waals surface area contributed by atoms with Crippen LogP contribution in [0.4, 0.5) is 0 Å². The summed E-state index contributed by atoms with van der Waals surface area (Å²) in [7, 11) is 0. The predicted octanol–water partition coefficient (Wildman–Crippen LogP) is 4.67. The van der Waals surface area contributed by atoms with Crippen LogP contribution in [0.1, 0.15) is 97.3 Å². The van der Waals surface area contributed by atoms with Gasteiger partial charge in [-0.2, -0.15) is 0 Å². The molecule has 0 aromatic heterocycles. The zero-order valence-corrected chi connectivity index (χ0v) is 16.7. The highest BCUT2D eigenvalue weighted by molar-refractivity contribution is 5.89. The molecule has 0 bridgehead atoms. The largest absolute Gasteiger partial charge is 0.356 e. The van der Waals surface area contributed by atoms with Gasteiger partial charge in [0.1, 0.15) is 0 Å². The van der Waals surface area contributed by atoms with Gasteiger partial charge in [-0.25, -0.2) is 0 Å². The van der Waals surface area contributed by atoms with Crippen LogP contribution in [0.15, 0.2) is 0 Å². The Morgan fingerprint density at radius 2 is 1.48 bits per heavy atom. The minimum absolute atomic E-state index is 0.0749. The van der Waals surface area contributed by atoms with Crippen LogP contribution in [0, 0.1) is 5.92 Å². The van der Waals surface area contributed by atoms with Crippen LogP contribution >= 0.6 is 0 Å². The van der Waals surface area contributed by atoms with E-state index in [1.807, 2.05) is 4.90 Å². The average Bonchev–Trinajstić information content (AvgIpc) is 2.98. The Hall–Kier alpha value is -1.06. The lowest BCUT2D eigenvalue weighted by molar-refractivity contribution is -0.129. The Morgan fingerprint density at radius 3 is 2.12 bits per heavy atom. The van der Waals surface area contributed by atoms with E-state index in [9.17, 15) is 9.59 Å². The molecule has 2 amide bonds. The van der Waals surface area contributed by atoms with Crippen molar-refractivity contribution in [3.05, 3.63) is 0 Å². The van der Waals surface area contributed by atoms with Crippen LogP contribution in [-0.4, -0.2) is 36.3 Å². The number of likely N-dealkylation sites (tertiary alicyclic amines) is 1. The molecule has 4 heteroatoms. The maximum Gasteiger partial charge on any atom is 0.225 e. The molecule has 0 aliphatic carbocycles. The van der Waals surface area contributed by atoms with E-state index in [4.69, 9.17) is 0 Å². The van der Waals surface area contributed by atoms with Crippen LogP contribution in [0.2, 0.25) is 0 Å². The highest BCUT2D eigenvalue weighted by Gasteiger charge is 2.33. The lowest BCUT2D eigenvalue weighted by Crippen LogP contribution is -2.33. The molecule has 1 unspecified atom stereocenters. The van der Waals surface area contributed by atoms with E-state index in [1.165, 1.54) is 64.2 Å². The Bertz CT molecular complexity index is 371. The first kappa shape index (κ1) is 22.0. The van der Waals surface area contributed by atoms with Crippen molar-refractivity contribution in [2.24, 2.45) is 5.92 Å². The Labute approximate surface area is 155 Å². The molecule has 0 saturated carbocycles. The normalized spacial score (nSPS) is 17.3. The first-order valence-electron chi connectivity index (χ1n) is 10.7. The van der Waals surface area contributed by atoms with Gasteiger partial charge in [-0.3, -0.25) is 9.59 Å². The lowest BCUT2D eigenvalue weighted by Gasteiger charge is -2.16. The van der Waals surface area contributed by atoms with Gasteiger partial charge in [0.05, 0.1) is 5.92 Å². The monoisotopic (exact) mass is 352 g/mol. The molecule has 146 valence electrons. The van der Waals surface area contributed by atoms with Gasteiger partial charge >= 0.3 is 0 Å². The van der Waals surface area contributed by atoms with E-state index in [1.54, 1.807) is 0 Å². The fourth-order valence-electron chi connectivity index (χ4n) is 3.51. The molecular formula is C21H40N2O2. The summed E-state index contributed by atoms with van der Waals surface area (Å²) in [4.78, 5) is 26.2. The average molecular weight is 353 g/mol. The minimum atomic E-state index is -0.132. The molecule has 25 heavy (non-hydrogen) atoms. The molecular weight excluding hydrogens is 312 g/mol. The molecule has 0 aromatic rings. The van der Waals surface area contributed by atoms with Crippen molar-refractivity contribution < 1.29 is 9.59 Å². The number of rotatable bonds is 15. The number of nitrogens with one attached hydrogen (secondary N) is 1. The first-order chi connectivity index (χ1) is 12.2. The number of nitrogens with zero attached hydrogens (tertiary/aromatic N) is 1. The van der Waals surface area contributed by atoms with Crippen LogP contribution in [0.25, 0.3) is 0 Å². The SMILES string of the molecule is CCCCCCCCCN1CC(C(=O)NCCCCCCC)CC1=O. The molecule has 0 spiro atoms. The summed E-state index contributed by atoms with van der Waals surface area (Å²) in [6, 6.07) is 0. The van der Waals surface area contributed by atoms with Gasteiger partial charge in [0.2, 0.25) is 11.8 Å². The van der Waals surface area contributed by atoms with Gasteiger partial charge < -0.3 is 10.2 Å². The third kappa shape index (κ3) is 9.86. The predicted molar refractivity (Wildman–Crippen MR) is 104 cm³/mol. The van der Waals surface area contributed by atoms with Crippen molar-refractivity contribution in [1.29, 1.82) is 0 Å². The van der Waals surface area contributed by atoms with E-state index in [0.717, 1.165) is 25.9 Å². The van der Waals surface area contributed by atoms with Crippen molar-refractivity contribution in [2.75, 3.05) is 19.6 Å². The third-order valence-corrected chi connectivity index (χ3v) is 5.20. The van der Waals surface area contributed by atoms with E-state index >= 15 is 0 Å². The zero-order valence-electron chi connectivity index (χ0n) is 16.7. The number of carbonyl (C=O) groups is 2. The lowest BCUT2D eigenvalue weighted by atomic mass is 10.1. The molecule has 1 saturated heterocycles.